The molecule has 1 saturated heterocycles. The molecule has 1 aromatic heterocycles. The number of fused-ring (bicyclic) bond motifs is 1. The molecule has 3 heterocycles. The van der Waals surface area contributed by atoms with Gasteiger partial charge in [-0.2, -0.15) is 0 Å². The Labute approximate surface area is 170 Å². The molecule has 1 N–H and O–H groups in total. The number of piperidine rings is 1. The van der Waals surface area contributed by atoms with Gasteiger partial charge in [-0.1, -0.05) is 0 Å². The van der Waals surface area contributed by atoms with Crippen LogP contribution in [0.4, 0.5) is 5.69 Å². The fraction of sp³-hybridized carbons (Fsp3) is 0.455. The quantitative estimate of drug-likeness (QED) is 0.834. The third-order valence-electron chi connectivity index (χ3n) is 5.37. The molecule has 4 rings (SSSR count). The minimum absolute atomic E-state index is 0.116. The molecule has 154 valence electrons. The van der Waals surface area contributed by atoms with Gasteiger partial charge in [0.2, 0.25) is 5.91 Å². The van der Waals surface area contributed by atoms with Crippen molar-refractivity contribution in [3.8, 4) is 11.5 Å². The van der Waals surface area contributed by atoms with E-state index in [0.717, 1.165) is 30.6 Å². The summed E-state index contributed by atoms with van der Waals surface area (Å²) in [5.41, 5.74) is 1.70. The second kappa shape index (κ2) is 8.19. The van der Waals surface area contributed by atoms with E-state index in [0.29, 0.717) is 36.9 Å². The van der Waals surface area contributed by atoms with Gasteiger partial charge in [0, 0.05) is 31.1 Å². The van der Waals surface area contributed by atoms with E-state index in [9.17, 15) is 9.59 Å². The highest BCUT2D eigenvalue weighted by molar-refractivity contribution is 5.96. The van der Waals surface area contributed by atoms with Crippen molar-refractivity contribution >= 4 is 17.5 Å². The standard InChI is InChI=1S/C22H26N2O5/c1-3-27-20-11-16-10-14(2)29-19(16)12-17(20)23-21(25)15-6-4-8-24(13-15)22(26)18-7-5-9-28-18/h5,7,9,11-12,14-15H,3-4,6,8,10,13H2,1-2H3,(H,23,25). The van der Waals surface area contributed by atoms with Crippen LogP contribution in [0.2, 0.25) is 0 Å². The van der Waals surface area contributed by atoms with Gasteiger partial charge in [-0.25, -0.2) is 0 Å². The van der Waals surface area contributed by atoms with Crippen LogP contribution >= 0.6 is 0 Å². The number of nitrogens with zero attached hydrogens (tertiary/aromatic N) is 1. The van der Waals surface area contributed by atoms with Crippen LogP contribution in [0.25, 0.3) is 0 Å². The zero-order valence-electron chi connectivity index (χ0n) is 16.8. The lowest BCUT2D eigenvalue weighted by atomic mass is 9.96. The first kappa shape index (κ1) is 19.4. The highest BCUT2D eigenvalue weighted by atomic mass is 16.5. The van der Waals surface area contributed by atoms with E-state index in [2.05, 4.69) is 5.32 Å². The lowest BCUT2D eigenvalue weighted by molar-refractivity contribution is -0.121. The molecule has 0 bridgehead atoms. The van der Waals surface area contributed by atoms with Crippen molar-refractivity contribution in [2.45, 2.75) is 39.2 Å². The number of ether oxygens (including phenoxy) is 2. The molecule has 2 unspecified atom stereocenters. The van der Waals surface area contributed by atoms with Crippen LogP contribution in [-0.2, 0) is 11.2 Å². The Morgan fingerprint density at radius 2 is 2.21 bits per heavy atom. The molecule has 2 atom stereocenters. The molecule has 0 spiro atoms. The summed E-state index contributed by atoms with van der Waals surface area (Å²) >= 11 is 0. The maximum absolute atomic E-state index is 13.0. The topological polar surface area (TPSA) is 81.0 Å². The first-order valence-electron chi connectivity index (χ1n) is 10.1. The molecule has 29 heavy (non-hydrogen) atoms. The van der Waals surface area contributed by atoms with Gasteiger partial charge in [0.25, 0.3) is 5.91 Å². The first-order valence-corrected chi connectivity index (χ1v) is 10.1. The van der Waals surface area contributed by atoms with Crippen LogP contribution in [0.3, 0.4) is 0 Å². The van der Waals surface area contributed by atoms with Crippen molar-refractivity contribution in [3.05, 3.63) is 41.9 Å². The number of amides is 2. The van der Waals surface area contributed by atoms with E-state index in [-0.39, 0.29) is 23.8 Å². The maximum Gasteiger partial charge on any atom is 0.289 e. The number of rotatable bonds is 5. The predicted octanol–water partition coefficient (Wildman–Crippen LogP) is 3.49. The lowest BCUT2D eigenvalue weighted by Crippen LogP contribution is -2.43. The average molecular weight is 398 g/mol. The Morgan fingerprint density at radius 3 is 2.97 bits per heavy atom. The zero-order valence-corrected chi connectivity index (χ0v) is 16.8. The molecule has 0 aliphatic carbocycles. The number of benzene rings is 1. The Morgan fingerprint density at radius 1 is 1.34 bits per heavy atom. The highest BCUT2D eigenvalue weighted by Gasteiger charge is 2.31. The second-order valence-corrected chi connectivity index (χ2v) is 7.58. The fourth-order valence-corrected chi connectivity index (χ4v) is 3.98. The number of carbonyl (C=O) groups excluding carboxylic acids is 2. The third-order valence-corrected chi connectivity index (χ3v) is 5.37. The molecular formula is C22H26N2O5. The summed E-state index contributed by atoms with van der Waals surface area (Å²) in [4.78, 5) is 27.2. The number of nitrogens with one attached hydrogen (secondary N) is 1. The van der Waals surface area contributed by atoms with Gasteiger partial charge < -0.3 is 24.1 Å². The second-order valence-electron chi connectivity index (χ2n) is 7.58. The Balaban J connectivity index is 1.47. The lowest BCUT2D eigenvalue weighted by Gasteiger charge is -2.31. The van der Waals surface area contributed by atoms with E-state index in [1.165, 1.54) is 6.26 Å². The maximum atomic E-state index is 13.0. The van der Waals surface area contributed by atoms with Crippen molar-refractivity contribution in [1.82, 2.24) is 4.90 Å². The number of hydrogen-bond acceptors (Lipinski definition) is 5. The van der Waals surface area contributed by atoms with E-state index in [4.69, 9.17) is 13.9 Å². The summed E-state index contributed by atoms with van der Waals surface area (Å²) in [6.07, 6.45) is 3.93. The van der Waals surface area contributed by atoms with Crippen LogP contribution in [0.15, 0.2) is 34.9 Å². The van der Waals surface area contributed by atoms with E-state index >= 15 is 0 Å². The van der Waals surface area contributed by atoms with E-state index < -0.39 is 0 Å². The van der Waals surface area contributed by atoms with Crippen LogP contribution in [-0.4, -0.2) is 42.5 Å². The predicted molar refractivity (Wildman–Crippen MR) is 107 cm³/mol. The molecule has 2 aromatic rings. The van der Waals surface area contributed by atoms with Crippen molar-refractivity contribution in [2.24, 2.45) is 5.92 Å². The van der Waals surface area contributed by atoms with Crippen molar-refractivity contribution in [3.63, 3.8) is 0 Å². The van der Waals surface area contributed by atoms with Gasteiger partial charge in [0.15, 0.2) is 5.76 Å². The summed E-state index contributed by atoms with van der Waals surface area (Å²) < 4.78 is 16.8. The van der Waals surface area contributed by atoms with Crippen LogP contribution in [0.1, 0.15) is 42.8 Å². The van der Waals surface area contributed by atoms with Gasteiger partial charge in [-0.3, -0.25) is 9.59 Å². The molecule has 2 amide bonds. The highest BCUT2D eigenvalue weighted by Crippen LogP contribution is 2.38. The summed E-state index contributed by atoms with van der Waals surface area (Å²) in [7, 11) is 0. The Bertz CT molecular complexity index is 893. The largest absolute Gasteiger partial charge is 0.492 e. The zero-order chi connectivity index (χ0) is 20.4. The Hall–Kier alpha value is -2.96. The number of anilines is 1. The minimum atomic E-state index is -0.287. The van der Waals surface area contributed by atoms with Gasteiger partial charge in [0.05, 0.1) is 24.5 Å². The number of carbonyl (C=O) groups is 2. The van der Waals surface area contributed by atoms with Gasteiger partial charge in [0.1, 0.15) is 17.6 Å². The van der Waals surface area contributed by atoms with E-state index in [1.54, 1.807) is 17.0 Å². The Kier molecular flexibility index (Phi) is 5.47. The smallest absolute Gasteiger partial charge is 0.289 e. The molecule has 2 aliphatic rings. The summed E-state index contributed by atoms with van der Waals surface area (Å²) in [6.45, 7) is 5.43. The first-order chi connectivity index (χ1) is 14.0. The third kappa shape index (κ3) is 4.09. The minimum Gasteiger partial charge on any atom is -0.492 e. The van der Waals surface area contributed by atoms with Crippen LogP contribution in [0.5, 0.6) is 11.5 Å². The molecule has 2 aliphatic heterocycles. The molecule has 1 fully saturated rings. The van der Waals surface area contributed by atoms with Crippen molar-refractivity contribution < 1.29 is 23.5 Å². The average Bonchev–Trinajstić information content (AvgIpc) is 3.37. The van der Waals surface area contributed by atoms with Gasteiger partial charge in [-0.15, -0.1) is 0 Å². The SMILES string of the molecule is CCOc1cc2c(cc1NC(=O)C1CCCN(C(=O)c3ccco3)C1)OC(C)C2. The number of hydrogen-bond donors (Lipinski definition) is 1. The van der Waals surface area contributed by atoms with Gasteiger partial charge >= 0.3 is 0 Å². The molecule has 0 saturated carbocycles. The normalized spacial score (nSPS) is 20.7. The monoisotopic (exact) mass is 398 g/mol. The molecular weight excluding hydrogens is 372 g/mol. The molecule has 7 nitrogen and oxygen atoms in total. The van der Waals surface area contributed by atoms with Crippen molar-refractivity contribution in [1.29, 1.82) is 0 Å². The number of furan rings is 1. The van der Waals surface area contributed by atoms with Crippen LogP contribution < -0.4 is 14.8 Å². The summed E-state index contributed by atoms with van der Waals surface area (Å²) in [5, 5.41) is 3.00. The molecule has 1 aromatic carbocycles. The van der Waals surface area contributed by atoms with Gasteiger partial charge in [-0.05, 0) is 44.9 Å². The molecule has 7 heteroatoms. The van der Waals surface area contributed by atoms with Crippen molar-refractivity contribution in [2.75, 3.05) is 25.0 Å². The van der Waals surface area contributed by atoms with E-state index in [1.807, 2.05) is 26.0 Å². The van der Waals surface area contributed by atoms with Crippen LogP contribution in [0, 0.1) is 5.92 Å². The number of likely N-dealkylation sites (tertiary alicyclic amines) is 1. The summed E-state index contributed by atoms with van der Waals surface area (Å²) in [6, 6.07) is 7.13. The molecule has 0 radical (unpaired) electrons. The summed E-state index contributed by atoms with van der Waals surface area (Å²) in [5.74, 6) is 1.15. The fourth-order valence-electron chi connectivity index (χ4n) is 3.98.